The summed E-state index contributed by atoms with van der Waals surface area (Å²) in [6, 6.07) is 7.95. The molecule has 2 amide bonds. The zero-order valence-electron chi connectivity index (χ0n) is 11.1. The van der Waals surface area contributed by atoms with E-state index in [0.29, 0.717) is 13.0 Å². The predicted molar refractivity (Wildman–Crippen MR) is 71.0 cm³/mol. The molecule has 1 aromatic rings. The van der Waals surface area contributed by atoms with Crippen LogP contribution in [0.5, 0.6) is 0 Å². The van der Waals surface area contributed by atoms with Gasteiger partial charge in [-0.3, -0.25) is 9.59 Å². The molecule has 0 aliphatic rings. The van der Waals surface area contributed by atoms with Crippen LogP contribution >= 0.6 is 0 Å². The Labute approximate surface area is 108 Å². The van der Waals surface area contributed by atoms with Crippen LogP contribution in [0.3, 0.4) is 0 Å². The fourth-order valence-corrected chi connectivity index (χ4v) is 1.82. The monoisotopic (exact) mass is 248 g/mol. The van der Waals surface area contributed by atoms with Crippen molar-refractivity contribution in [1.82, 2.24) is 10.6 Å². The number of amides is 2. The van der Waals surface area contributed by atoms with Crippen LogP contribution in [0.25, 0.3) is 0 Å². The average Bonchev–Trinajstić information content (AvgIpc) is 2.28. The molecule has 0 spiro atoms. The van der Waals surface area contributed by atoms with Crippen molar-refractivity contribution in [2.45, 2.75) is 33.2 Å². The van der Waals surface area contributed by atoms with Gasteiger partial charge in [0.2, 0.25) is 11.8 Å². The van der Waals surface area contributed by atoms with E-state index in [0.717, 1.165) is 11.1 Å². The fourth-order valence-electron chi connectivity index (χ4n) is 1.82. The summed E-state index contributed by atoms with van der Waals surface area (Å²) >= 11 is 0. The van der Waals surface area contributed by atoms with Crippen LogP contribution in [0.1, 0.15) is 37.4 Å². The number of hydrogen-bond acceptors (Lipinski definition) is 2. The third-order valence-electron chi connectivity index (χ3n) is 2.76. The predicted octanol–water partition coefficient (Wildman–Crippen LogP) is 1.70. The maximum Gasteiger partial charge on any atom is 0.222 e. The topological polar surface area (TPSA) is 58.2 Å². The highest BCUT2D eigenvalue weighted by atomic mass is 16.2. The highest BCUT2D eigenvalue weighted by Crippen LogP contribution is 2.16. The molecule has 1 rings (SSSR count). The maximum atomic E-state index is 11.7. The van der Waals surface area contributed by atoms with Gasteiger partial charge in [-0.15, -0.1) is 0 Å². The molecule has 2 N–H and O–H groups in total. The van der Waals surface area contributed by atoms with E-state index in [9.17, 15) is 9.59 Å². The van der Waals surface area contributed by atoms with Crippen LogP contribution < -0.4 is 10.6 Å². The van der Waals surface area contributed by atoms with Crippen LogP contribution in [0, 0.1) is 6.92 Å². The summed E-state index contributed by atoms with van der Waals surface area (Å²) in [4.78, 5) is 22.3. The Balaban J connectivity index is 2.45. The van der Waals surface area contributed by atoms with E-state index in [2.05, 4.69) is 10.6 Å². The van der Waals surface area contributed by atoms with Crippen molar-refractivity contribution in [3.05, 3.63) is 35.4 Å². The van der Waals surface area contributed by atoms with Gasteiger partial charge in [0.05, 0.1) is 6.04 Å². The quantitative estimate of drug-likeness (QED) is 0.833. The molecule has 4 nitrogen and oxygen atoms in total. The van der Waals surface area contributed by atoms with Gasteiger partial charge in [-0.1, -0.05) is 24.3 Å². The maximum absolute atomic E-state index is 11.7. The van der Waals surface area contributed by atoms with Crippen LogP contribution in [0.4, 0.5) is 0 Å². The molecule has 1 atom stereocenters. The Morgan fingerprint density at radius 2 is 1.94 bits per heavy atom. The van der Waals surface area contributed by atoms with Gasteiger partial charge in [-0.25, -0.2) is 0 Å². The molecule has 0 saturated heterocycles. The van der Waals surface area contributed by atoms with Gasteiger partial charge in [0, 0.05) is 19.9 Å². The molecular weight excluding hydrogens is 228 g/mol. The molecule has 0 aromatic heterocycles. The van der Waals surface area contributed by atoms with Gasteiger partial charge in [0.15, 0.2) is 0 Å². The lowest BCUT2D eigenvalue weighted by Crippen LogP contribution is -2.31. The molecule has 1 unspecified atom stereocenters. The van der Waals surface area contributed by atoms with Crippen molar-refractivity contribution in [3.8, 4) is 0 Å². The van der Waals surface area contributed by atoms with E-state index in [1.165, 1.54) is 6.92 Å². The normalized spacial score (nSPS) is 11.7. The zero-order valence-corrected chi connectivity index (χ0v) is 11.1. The van der Waals surface area contributed by atoms with Gasteiger partial charge in [-0.2, -0.15) is 0 Å². The largest absolute Gasteiger partial charge is 0.356 e. The van der Waals surface area contributed by atoms with Crippen molar-refractivity contribution < 1.29 is 9.59 Å². The van der Waals surface area contributed by atoms with E-state index < -0.39 is 0 Å². The van der Waals surface area contributed by atoms with Crippen LogP contribution in [0.2, 0.25) is 0 Å². The fraction of sp³-hybridized carbons (Fsp3) is 0.429. The Bertz CT molecular complexity index is 430. The number of rotatable bonds is 5. The number of benzene rings is 1. The number of nitrogens with one attached hydrogen (secondary N) is 2. The standard InChI is InChI=1S/C14H20N2O2/c1-10-6-4-5-7-13(10)11(2)16-14(18)8-9-15-12(3)17/h4-7,11H,8-9H2,1-3H3,(H,15,17)(H,16,18). The van der Waals surface area contributed by atoms with Gasteiger partial charge < -0.3 is 10.6 Å². The van der Waals surface area contributed by atoms with Crippen LogP contribution in [0.15, 0.2) is 24.3 Å². The minimum Gasteiger partial charge on any atom is -0.356 e. The van der Waals surface area contributed by atoms with Crippen molar-refractivity contribution in [3.63, 3.8) is 0 Å². The van der Waals surface area contributed by atoms with Crippen molar-refractivity contribution in [2.24, 2.45) is 0 Å². The minimum absolute atomic E-state index is 0.0176. The molecular formula is C14H20N2O2. The first-order valence-electron chi connectivity index (χ1n) is 6.10. The Hall–Kier alpha value is -1.84. The Morgan fingerprint density at radius 3 is 2.56 bits per heavy atom. The molecule has 18 heavy (non-hydrogen) atoms. The number of carbonyl (C=O) groups is 2. The summed E-state index contributed by atoms with van der Waals surface area (Å²) in [6.45, 7) is 5.80. The molecule has 4 heteroatoms. The zero-order chi connectivity index (χ0) is 13.5. The van der Waals surface area contributed by atoms with Gasteiger partial charge in [-0.05, 0) is 25.0 Å². The second-order valence-electron chi connectivity index (χ2n) is 4.38. The number of hydrogen-bond donors (Lipinski definition) is 2. The first-order chi connectivity index (χ1) is 8.50. The highest BCUT2D eigenvalue weighted by molar-refractivity contribution is 5.78. The second-order valence-corrected chi connectivity index (χ2v) is 4.38. The lowest BCUT2D eigenvalue weighted by molar-refractivity contribution is -0.122. The number of aryl methyl sites for hydroxylation is 1. The SMILES string of the molecule is CC(=O)NCCC(=O)NC(C)c1ccccc1C. The van der Waals surface area contributed by atoms with E-state index in [1.807, 2.05) is 38.1 Å². The molecule has 0 aliphatic carbocycles. The van der Waals surface area contributed by atoms with Crippen molar-refractivity contribution in [1.29, 1.82) is 0 Å². The summed E-state index contributed by atoms with van der Waals surface area (Å²) < 4.78 is 0. The molecule has 0 fully saturated rings. The van der Waals surface area contributed by atoms with E-state index in [1.54, 1.807) is 0 Å². The van der Waals surface area contributed by atoms with E-state index in [4.69, 9.17) is 0 Å². The van der Waals surface area contributed by atoms with Gasteiger partial charge in [0.1, 0.15) is 0 Å². The smallest absolute Gasteiger partial charge is 0.222 e. The molecule has 98 valence electrons. The number of carbonyl (C=O) groups excluding carboxylic acids is 2. The Kier molecular flexibility index (Phi) is 5.36. The third-order valence-corrected chi connectivity index (χ3v) is 2.76. The average molecular weight is 248 g/mol. The van der Waals surface area contributed by atoms with E-state index >= 15 is 0 Å². The summed E-state index contributed by atoms with van der Waals surface area (Å²) in [5.74, 6) is -0.172. The third kappa shape index (κ3) is 4.57. The lowest BCUT2D eigenvalue weighted by atomic mass is 10.0. The summed E-state index contributed by atoms with van der Waals surface area (Å²) in [5, 5.41) is 5.52. The summed E-state index contributed by atoms with van der Waals surface area (Å²) in [6.07, 6.45) is 0.301. The first-order valence-corrected chi connectivity index (χ1v) is 6.10. The van der Waals surface area contributed by atoms with E-state index in [-0.39, 0.29) is 17.9 Å². The van der Waals surface area contributed by atoms with Crippen LogP contribution in [-0.4, -0.2) is 18.4 Å². The summed E-state index contributed by atoms with van der Waals surface area (Å²) in [7, 11) is 0. The lowest BCUT2D eigenvalue weighted by Gasteiger charge is -2.16. The highest BCUT2D eigenvalue weighted by Gasteiger charge is 2.10. The van der Waals surface area contributed by atoms with Crippen LogP contribution in [-0.2, 0) is 9.59 Å². The molecule has 0 radical (unpaired) electrons. The van der Waals surface area contributed by atoms with Crippen molar-refractivity contribution >= 4 is 11.8 Å². The molecule has 0 heterocycles. The Morgan fingerprint density at radius 1 is 1.28 bits per heavy atom. The first kappa shape index (κ1) is 14.2. The minimum atomic E-state index is -0.116. The molecule has 0 bridgehead atoms. The summed E-state index contributed by atoms with van der Waals surface area (Å²) in [5.41, 5.74) is 2.28. The molecule has 0 aliphatic heterocycles. The molecule has 0 saturated carbocycles. The van der Waals surface area contributed by atoms with Gasteiger partial charge in [0.25, 0.3) is 0 Å². The van der Waals surface area contributed by atoms with Crippen molar-refractivity contribution in [2.75, 3.05) is 6.54 Å². The molecule has 1 aromatic carbocycles. The second kappa shape index (κ2) is 6.79. The van der Waals surface area contributed by atoms with Gasteiger partial charge >= 0.3 is 0 Å².